The predicted molar refractivity (Wildman–Crippen MR) is 103 cm³/mol. The summed E-state index contributed by atoms with van der Waals surface area (Å²) >= 11 is 0. The number of sulfone groups is 1. The maximum Gasteiger partial charge on any atom is 0.573 e. The number of nitrogens with one attached hydrogen (secondary N) is 1. The number of nitrogens with two attached hydrogens (primary N) is 1. The van der Waals surface area contributed by atoms with E-state index in [1.54, 1.807) is 0 Å². The molecule has 1 aromatic heterocycles. The standard InChI is InChI=1S/C19H20F3N3O5S/c20-19(21,22)30-13-3-5-14(6-4-13)31(27,28)15-8-16(23)17(24-10-15)18(26)25-9-12-2-1-7-29-11-12/h3-6,8,10,12H,1-2,7,9,11,23H2,(H,25,26). The highest BCUT2D eigenvalue weighted by atomic mass is 32.2. The van der Waals surface area contributed by atoms with Crippen LogP contribution in [-0.2, 0) is 14.6 Å². The largest absolute Gasteiger partial charge is 0.573 e. The zero-order chi connectivity index (χ0) is 22.6. The molecule has 0 radical (unpaired) electrons. The van der Waals surface area contributed by atoms with Crippen LogP contribution in [0, 0.1) is 5.92 Å². The Bertz CT molecular complexity index is 1040. The van der Waals surface area contributed by atoms with Crippen LogP contribution in [0.3, 0.4) is 0 Å². The Labute approximate surface area is 176 Å². The molecule has 1 amide bonds. The number of hydrogen-bond donors (Lipinski definition) is 2. The molecule has 1 saturated heterocycles. The van der Waals surface area contributed by atoms with Crippen molar-refractivity contribution in [3.8, 4) is 5.75 Å². The summed E-state index contributed by atoms with van der Waals surface area (Å²) in [4.78, 5) is 15.6. The highest BCUT2D eigenvalue weighted by Gasteiger charge is 2.31. The molecule has 2 aromatic rings. The quantitative estimate of drug-likeness (QED) is 0.681. The second-order valence-corrected chi connectivity index (χ2v) is 8.87. The second kappa shape index (κ2) is 9.10. The second-order valence-electron chi connectivity index (χ2n) is 6.92. The van der Waals surface area contributed by atoms with Gasteiger partial charge in [0.2, 0.25) is 9.84 Å². The maximum atomic E-state index is 12.7. The minimum Gasteiger partial charge on any atom is -0.406 e. The molecule has 1 aliphatic rings. The van der Waals surface area contributed by atoms with Crippen molar-refractivity contribution in [2.75, 3.05) is 25.5 Å². The van der Waals surface area contributed by atoms with E-state index < -0.39 is 27.9 Å². The third kappa shape index (κ3) is 5.85. The van der Waals surface area contributed by atoms with Gasteiger partial charge in [0.25, 0.3) is 5.91 Å². The summed E-state index contributed by atoms with van der Waals surface area (Å²) < 4.78 is 71.3. The van der Waals surface area contributed by atoms with Crippen LogP contribution in [0.1, 0.15) is 23.3 Å². The summed E-state index contributed by atoms with van der Waals surface area (Å²) in [6, 6.07) is 4.79. The third-order valence-electron chi connectivity index (χ3n) is 4.59. The average Bonchev–Trinajstić information content (AvgIpc) is 2.72. The Morgan fingerprint density at radius 3 is 2.55 bits per heavy atom. The molecule has 8 nitrogen and oxygen atoms in total. The van der Waals surface area contributed by atoms with Gasteiger partial charge in [-0.15, -0.1) is 13.2 Å². The van der Waals surface area contributed by atoms with Crippen LogP contribution in [0.25, 0.3) is 0 Å². The molecule has 1 fully saturated rings. The summed E-state index contributed by atoms with van der Waals surface area (Å²) in [6.45, 7) is 1.63. The topological polar surface area (TPSA) is 121 Å². The molecule has 0 saturated carbocycles. The van der Waals surface area contributed by atoms with Crippen LogP contribution in [0.2, 0.25) is 0 Å². The van der Waals surface area contributed by atoms with Crippen molar-refractivity contribution in [3.63, 3.8) is 0 Å². The molecule has 1 aliphatic heterocycles. The van der Waals surface area contributed by atoms with Crippen LogP contribution >= 0.6 is 0 Å². The molecular weight excluding hydrogens is 439 g/mol. The summed E-state index contributed by atoms with van der Waals surface area (Å²) in [7, 11) is -4.12. The fraction of sp³-hybridized carbons (Fsp3) is 0.368. The number of carbonyl (C=O) groups excluding carboxylic acids is 1. The Balaban J connectivity index is 1.72. The molecule has 0 bridgehead atoms. The Morgan fingerprint density at radius 1 is 1.26 bits per heavy atom. The molecule has 1 unspecified atom stereocenters. The van der Waals surface area contributed by atoms with Gasteiger partial charge in [0, 0.05) is 19.3 Å². The lowest BCUT2D eigenvalue weighted by molar-refractivity contribution is -0.274. The smallest absolute Gasteiger partial charge is 0.406 e. The van der Waals surface area contributed by atoms with E-state index in [4.69, 9.17) is 10.5 Å². The van der Waals surface area contributed by atoms with E-state index in [1.807, 2.05) is 0 Å². The number of anilines is 1. The highest BCUT2D eigenvalue weighted by Crippen LogP contribution is 2.27. The highest BCUT2D eigenvalue weighted by molar-refractivity contribution is 7.91. The van der Waals surface area contributed by atoms with Gasteiger partial charge in [-0.05, 0) is 49.1 Å². The number of nitrogen functional groups attached to an aromatic ring is 1. The van der Waals surface area contributed by atoms with E-state index in [0.717, 1.165) is 49.4 Å². The van der Waals surface area contributed by atoms with Crippen molar-refractivity contribution >= 4 is 21.4 Å². The number of alkyl halides is 3. The number of rotatable bonds is 6. The minimum atomic E-state index is -4.89. The third-order valence-corrected chi connectivity index (χ3v) is 6.33. The summed E-state index contributed by atoms with van der Waals surface area (Å²) in [5.74, 6) is -0.914. The van der Waals surface area contributed by atoms with Crippen molar-refractivity contribution in [1.82, 2.24) is 10.3 Å². The number of ether oxygens (including phenoxy) is 2. The number of carbonyl (C=O) groups is 1. The molecular formula is C19H20F3N3O5S. The van der Waals surface area contributed by atoms with Crippen molar-refractivity contribution in [1.29, 1.82) is 0 Å². The van der Waals surface area contributed by atoms with Crippen LogP contribution in [0.5, 0.6) is 5.75 Å². The van der Waals surface area contributed by atoms with E-state index in [9.17, 15) is 26.4 Å². The van der Waals surface area contributed by atoms with E-state index in [1.165, 1.54) is 0 Å². The van der Waals surface area contributed by atoms with Gasteiger partial charge in [0.05, 0.1) is 22.1 Å². The molecule has 3 rings (SSSR count). The van der Waals surface area contributed by atoms with Crippen molar-refractivity contribution < 1.29 is 35.9 Å². The zero-order valence-corrected chi connectivity index (χ0v) is 17.0. The lowest BCUT2D eigenvalue weighted by Crippen LogP contribution is -2.34. The number of hydrogen-bond acceptors (Lipinski definition) is 7. The number of aromatic nitrogens is 1. The summed E-state index contributed by atoms with van der Waals surface area (Å²) in [5, 5.41) is 2.71. The monoisotopic (exact) mass is 459 g/mol. The normalized spacial score (nSPS) is 17.2. The molecule has 0 spiro atoms. The predicted octanol–water partition coefficient (Wildman–Crippen LogP) is 2.55. The maximum absolute atomic E-state index is 12.7. The van der Waals surface area contributed by atoms with Gasteiger partial charge < -0.3 is 20.5 Å². The van der Waals surface area contributed by atoms with Crippen LogP contribution in [0.4, 0.5) is 18.9 Å². The molecule has 1 atom stereocenters. The van der Waals surface area contributed by atoms with E-state index >= 15 is 0 Å². The first-order chi connectivity index (χ1) is 14.6. The van der Waals surface area contributed by atoms with Gasteiger partial charge in [-0.1, -0.05) is 0 Å². The first kappa shape index (κ1) is 22.8. The first-order valence-electron chi connectivity index (χ1n) is 9.28. The van der Waals surface area contributed by atoms with E-state index in [0.29, 0.717) is 19.8 Å². The van der Waals surface area contributed by atoms with Gasteiger partial charge in [-0.3, -0.25) is 4.79 Å². The van der Waals surface area contributed by atoms with Gasteiger partial charge in [-0.2, -0.15) is 0 Å². The Hall–Kier alpha value is -2.86. The first-order valence-corrected chi connectivity index (χ1v) is 10.8. The van der Waals surface area contributed by atoms with Crippen molar-refractivity contribution in [2.45, 2.75) is 29.0 Å². The average molecular weight is 459 g/mol. The number of benzene rings is 1. The number of pyridine rings is 1. The molecule has 12 heteroatoms. The number of nitrogens with zero attached hydrogens (tertiary/aromatic N) is 1. The Kier molecular flexibility index (Phi) is 6.70. The van der Waals surface area contributed by atoms with Crippen molar-refractivity contribution in [2.24, 2.45) is 5.92 Å². The fourth-order valence-corrected chi connectivity index (χ4v) is 4.28. The van der Waals surface area contributed by atoms with Crippen molar-refractivity contribution in [3.05, 3.63) is 42.2 Å². The van der Waals surface area contributed by atoms with Crippen LogP contribution in [0.15, 0.2) is 46.3 Å². The number of amides is 1. The molecule has 31 heavy (non-hydrogen) atoms. The van der Waals surface area contributed by atoms with Crippen LogP contribution < -0.4 is 15.8 Å². The lowest BCUT2D eigenvalue weighted by atomic mass is 10.0. The SMILES string of the molecule is Nc1cc(S(=O)(=O)c2ccc(OC(F)(F)F)cc2)cnc1C(=O)NCC1CCCOC1. The van der Waals surface area contributed by atoms with Gasteiger partial charge >= 0.3 is 6.36 Å². The minimum absolute atomic E-state index is 0.121. The number of halogens is 3. The molecule has 0 aliphatic carbocycles. The molecule has 2 heterocycles. The Morgan fingerprint density at radius 2 is 1.97 bits per heavy atom. The van der Waals surface area contributed by atoms with Gasteiger partial charge in [-0.25, -0.2) is 13.4 Å². The summed E-state index contributed by atoms with van der Waals surface area (Å²) in [5.41, 5.74) is 5.58. The summed E-state index contributed by atoms with van der Waals surface area (Å²) in [6.07, 6.45) is -2.08. The zero-order valence-electron chi connectivity index (χ0n) is 16.2. The molecule has 3 N–H and O–H groups in total. The van der Waals surface area contributed by atoms with Gasteiger partial charge in [0.1, 0.15) is 5.75 Å². The van der Waals surface area contributed by atoms with Gasteiger partial charge in [0.15, 0.2) is 5.69 Å². The lowest BCUT2D eigenvalue weighted by Gasteiger charge is -2.22. The molecule has 1 aromatic carbocycles. The van der Waals surface area contributed by atoms with E-state index in [2.05, 4.69) is 15.0 Å². The van der Waals surface area contributed by atoms with E-state index in [-0.39, 0.29) is 27.1 Å². The fourth-order valence-electron chi connectivity index (χ4n) is 3.04. The van der Waals surface area contributed by atoms with Crippen LogP contribution in [-0.4, -0.2) is 45.4 Å². The molecule has 168 valence electrons.